The maximum absolute atomic E-state index is 11.7. The Hall–Kier alpha value is -1.41. The van der Waals surface area contributed by atoms with Crippen molar-refractivity contribution < 1.29 is 5.11 Å². The van der Waals surface area contributed by atoms with Crippen LogP contribution in [0, 0.1) is 4.91 Å². The number of nitrogens with zero attached hydrogens (tertiary/aromatic N) is 3. The Morgan fingerprint density at radius 3 is 3.07 bits per heavy atom. The van der Waals surface area contributed by atoms with Gasteiger partial charge >= 0.3 is 0 Å². The van der Waals surface area contributed by atoms with Crippen molar-refractivity contribution in [3.05, 3.63) is 15.3 Å². The summed E-state index contributed by atoms with van der Waals surface area (Å²) < 4.78 is 1.26. The van der Waals surface area contributed by atoms with E-state index < -0.39 is 5.56 Å². The Morgan fingerprint density at radius 1 is 1.73 bits per heavy atom. The van der Waals surface area contributed by atoms with E-state index in [1.54, 1.807) is 0 Å². The highest BCUT2D eigenvalue weighted by Gasteiger charge is 2.27. The zero-order valence-electron chi connectivity index (χ0n) is 7.58. The number of aliphatic hydroxyl groups excluding tert-OH is 1. The number of anilines is 1. The van der Waals surface area contributed by atoms with E-state index in [-0.39, 0.29) is 24.2 Å². The minimum Gasteiger partial charge on any atom is -0.394 e. The van der Waals surface area contributed by atoms with Gasteiger partial charge < -0.3 is 10.8 Å². The number of hydrogen-bond acceptors (Lipinski definition) is 7. The lowest BCUT2D eigenvalue weighted by atomic mass is 10.3. The smallest absolute Gasteiger partial charge is 0.286 e. The van der Waals surface area contributed by atoms with Crippen molar-refractivity contribution in [2.45, 2.75) is 11.2 Å². The van der Waals surface area contributed by atoms with Gasteiger partial charge in [0.25, 0.3) is 5.56 Å². The van der Waals surface area contributed by atoms with E-state index in [1.165, 1.54) is 16.3 Å². The van der Waals surface area contributed by atoms with E-state index >= 15 is 0 Å². The van der Waals surface area contributed by atoms with Crippen LogP contribution in [0.15, 0.2) is 15.1 Å². The van der Waals surface area contributed by atoms with Gasteiger partial charge in [0.15, 0.2) is 11.0 Å². The molecule has 0 saturated carbocycles. The summed E-state index contributed by atoms with van der Waals surface area (Å²) in [4.78, 5) is 26.0. The Kier molecular flexibility index (Phi) is 2.45. The molecule has 1 aromatic heterocycles. The Balaban J connectivity index is 2.69. The molecule has 80 valence electrons. The van der Waals surface area contributed by atoms with Crippen LogP contribution in [0.3, 0.4) is 0 Å². The molecule has 1 aliphatic rings. The quantitative estimate of drug-likeness (QED) is 0.538. The fraction of sp³-hybridized carbons (Fsp3) is 0.429. The molecule has 0 aliphatic carbocycles. The first-order chi connectivity index (χ1) is 7.19. The zero-order chi connectivity index (χ0) is 11.0. The Bertz CT molecular complexity index is 472. The Morgan fingerprint density at radius 2 is 2.47 bits per heavy atom. The molecule has 0 saturated heterocycles. The first-order valence-electron chi connectivity index (χ1n) is 4.18. The number of hydrogen-bond donors (Lipinski definition) is 2. The molecule has 1 aromatic rings. The molecule has 0 radical (unpaired) electrons. The highest BCUT2D eigenvalue weighted by atomic mass is 32.2. The molecule has 7 nitrogen and oxygen atoms in total. The van der Waals surface area contributed by atoms with E-state index in [9.17, 15) is 9.70 Å². The van der Waals surface area contributed by atoms with Gasteiger partial charge in [-0.25, -0.2) is 4.98 Å². The van der Waals surface area contributed by atoms with Crippen LogP contribution in [0.1, 0.15) is 6.04 Å². The molecule has 1 unspecified atom stereocenters. The summed E-state index contributed by atoms with van der Waals surface area (Å²) in [6.45, 7) is -0.177. The summed E-state index contributed by atoms with van der Waals surface area (Å²) >= 11 is 1.32. The highest BCUT2D eigenvalue weighted by Crippen LogP contribution is 2.31. The van der Waals surface area contributed by atoms with Gasteiger partial charge in [0, 0.05) is 5.75 Å². The second-order valence-corrected chi connectivity index (χ2v) is 4.03. The van der Waals surface area contributed by atoms with Gasteiger partial charge in [0.2, 0.25) is 5.69 Å². The lowest BCUT2D eigenvalue weighted by Crippen LogP contribution is -2.26. The third-order valence-electron chi connectivity index (χ3n) is 2.16. The molecule has 2 heterocycles. The van der Waals surface area contributed by atoms with Gasteiger partial charge in [-0.15, -0.1) is 4.91 Å². The zero-order valence-corrected chi connectivity index (χ0v) is 8.40. The summed E-state index contributed by atoms with van der Waals surface area (Å²) in [5.74, 6) is 0.382. The third kappa shape index (κ3) is 1.41. The van der Waals surface area contributed by atoms with Crippen molar-refractivity contribution in [1.29, 1.82) is 0 Å². The number of thioether (sulfide) groups is 1. The molecular formula is C7H8N4O3S. The van der Waals surface area contributed by atoms with E-state index in [0.717, 1.165) is 0 Å². The van der Waals surface area contributed by atoms with Crippen molar-refractivity contribution >= 4 is 23.3 Å². The topological polar surface area (TPSA) is 111 Å². The van der Waals surface area contributed by atoms with Gasteiger partial charge in [-0.1, -0.05) is 11.8 Å². The molecular weight excluding hydrogens is 220 g/mol. The number of aliphatic hydroxyl groups is 1. The molecule has 8 heteroatoms. The minimum atomic E-state index is -0.587. The van der Waals surface area contributed by atoms with E-state index in [2.05, 4.69) is 10.2 Å². The van der Waals surface area contributed by atoms with E-state index in [4.69, 9.17) is 10.8 Å². The summed E-state index contributed by atoms with van der Waals surface area (Å²) in [5, 5.41) is 12.0. The number of rotatable bonds is 2. The lowest BCUT2D eigenvalue weighted by Gasteiger charge is -2.09. The minimum absolute atomic E-state index is 0.160. The van der Waals surface area contributed by atoms with Gasteiger partial charge in [0.05, 0.1) is 12.6 Å². The second kappa shape index (κ2) is 3.63. The average molecular weight is 228 g/mol. The van der Waals surface area contributed by atoms with Gasteiger partial charge in [-0.3, -0.25) is 9.36 Å². The third-order valence-corrected chi connectivity index (χ3v) is 3.26. The fourth-order valence-corrected chi connectivity index (χ4v) is 2.54. The maximum Gasteiger partial charge on any atom is 0.286 e. The molecule has 2 rings (SSSR count). The van der Waals surface area contributed by atoms with Crippen LogP contribution in [0.25, 0.3) is 0 Å². The van der Waals surface area contributed by atoms with Gasteiger partial charge in [0.1, 0.15) is 0 Å². The Labute approximate surface area is 88.3 Å². The monoisotopic (exact) mass is 228 g/mol. The van der Waals surface area contributed by atoms with Crippen LogP contribution in [-0.4, -0.2) is 27.0 Å². The predicted octanol–water partition coefficient (Wildman–Crippen LogP) is -0.137. The molecule has 1 aliphatic heterocycles. The summed E-state index contributed by atoms with van der Waals surface area (Å²) in [7, 11) is 0. The number of nitrogens with two attached hydrogens (primary N) is 1. The number of aromatic nitrogens is 2. The van der Waals surface area contributed by atoms with Crippen LogP contribution in [-0.2, 0) is 0 Å². The van der Waals surface area contributed by atoms with Crippen molar-refractivity contribution in [2.24, 2.45) is 5.18 Å². The molecule has 1 atom stereocenters. The molecule has 0 bridgehead atoms. The summed E-state index contributed by atoms with van der Waals surface area (Å²) in [6, 6.07) is -0.355. The van der Waals surface area contributed by atoms with Crippen molar-refractivity contribution in [3.8, 4) is 0 Å². The van der Waals surface area contributed by atoms with Crippen LogP contribution >= 0.6 is 11.8 Å². The normalized spacial score (nSPS) is 18.9. The van der Waals surface area contributed by atoms with Crippen LogP contribution < -0.4 is 11.3 Å². The number of nitroso groups, excluding NO2 is 1. The van der Waals surface area contributed by atoms with Crippen molar-refractivity contribution in [1.82, 2.24) is 9.55 Å². The predicted molar refractivity (Wildman–Crippen MR) is 55.2 cm³/mol. The first-order valence-corrected chi connectivity index (χ1v) is 5.16. The molecule has 0 aromatic carbocycles. The number of nitrogen functional groups attached to an aromatic ring is 1. The SMILES string of the molecule is Nc1nc2n(c(=O)c1N=O)C(CO)CS2. The fourth-order valence-electron chi connectivity index (χ4n) is 1.41. The summed E-state index contributed by atoms with van der Waals surface area (Å²) in [6.07, 6.45) is 0. The van der Waals surface area contributed by atoms with Gasteiger partial charge in [-0.05, 0) is 5.18 Å². The van der Waals surface area contributed by atoms with Gasteiger partial charge in [-0.2, -0.15) is 0 Å². The van der Waals surface area contributed by atoms with Crippen molar-refractivity contribution in [2.75, 3.05) is 18.1 Å². The second-order valence-electron chi connectivity index (χ2n) is 3.04. The molecule has 3 N–H and O–H groups in total. The molecule has 0 spiro atoms. The largest absolute Gasteiger partial charge is 0.394 e. The standard InChI is InChI=1S/C7H8N4O3S/c8-5-4(10-14)6(13)11-3(1-12)2-15-7(11)9-5/h3,12H,1-2,8H2. The average Bonchev–Trinajstić information content (AvgIpc) is 2.61. The number of fused-ring (bicyclic) bond motifs is 1. The van der Waals surface area contributed by atoms with E-state index in [0.29, 0.717) is 10.9 Å². The molecule has 0 amide bonds. The first kappa shape index (κ1) is 10.1. The van der Waals surface area contributed by atoms with Crippen LogP contribution in [0.2, 0.25) is 0 Å². The lowest BCUT2D eigenvalue weighted by molar-refractivity contribution is 0.235. The van der Waals surface area contributed by atoms with Crippen LogP contribution in [0.5, 0.6) is 0 Å². The molecule has 0 fully saturated rings. The van der Waals surface area contributed by atoms with Crippen molar-refractivity contribution in [3.63, 3.8) is 0 Å². The summed E-state index contributed by atoms with van der Waals surface area (Å²) in [5.41, 5.74) is 4.42. The maximum atomic E-state index is 11.7. The highest BCUT2D eigenvalue weighted by molar-refractivity contribution is 7.99. The van der Waals surface area contributed by atoms with E-state index in [1.807, 2.05) is 0 Å². The van der Waals surface area contributed by atoms with Crippen LogP contribution in [0.4, 0.5) is 11.5 Å². The molecule has 15 heavy (non-hydrogen) atoms.